The van der Waals surface area contributed by atoms with E-state index in [1.807, 2.05) is 25.1 Å². The van der Waals surface area contributed by atoms with Gasteiger partial charge in [-0.1, -0.05) is 6.07 Å². The molecule has 0 spiro atoms. The largest absolute Gasteiger partial charge is 0.493 e. The molecule has 0 bridgehead atoms. The first-order valence-electron chi connectivity index (χ1n) is 8.98. The highest BCUT2D eigenvalue weighted by Gasteiger charge is 2.42. The maximum atomic E-state index is 12.5. The maximum absolute atomic E-state index is 12.5. The van der Waals surface area contributed by atoms with Crippen LogP contribution in [0.2, 0.25) is 0 Å². The van der Waals surface area contributed by atoms with Crippen molar-refractivity contribution in [3.8, 4) is 11.5 Å². The highest BCUT2D eigenvalue weighted by Crippen LogP contribution is 2.33. The van der Waals surface area contributed by atoms with Gasteiger partial charge < -0.3 is 24.6 Å². The second-order valence-corrected chi connectivity index (χ2v) is 6.60. The van der Waals surface area contributed by atoms with Crippen LogP contribution in [0.3, 0.4) is 0 Å². The molecule has 0 aromatic heterocycles. The number of benzene rings is 1. The first-order valence-corrected chi connectivity index (χ1v) is 8.98. The van der Waals surface area contributed by atoms with Gasteiger partial charge in [-0.05, 0) is 44.0 Å². The summed E-state index contributed by atoms with van der Waals surface area (Å²) in [6.45, 7) is 4.64. The summed E-state index contributed by atoms with van der Waals surface area (Å²) in [6.07, 6.45) is 1.77. The van der Waals surface area contributed by atoms with Crippen LogP contribution in [0.25, 0.3) is 0 Å². The van der Waals surface area contributed by atoms with Crippen molar-refractivity contribution in [3.05, 3.63) is 23.8 Å². The number of aliphatic hydroxyl groups is 1. The van der Waals surface area contributed by atoms with Crippen LogP contribution in [0, 0.1) is 0 Å². The average molecular weight is 366 g/mol. The molecule has 1 aliphatic rings. The summed E-state index contributed by atoms with van der Waals surface area (Å²) in [5.74, 6) is 1.32. The molecule has 7 heteroatoms. The van der Waals surface area contributed by atoms with Crippen LogP contribution in [0.5, 0.6) is 11.5 Å². The van der Waals surface area contributed by atoms with Gasteiger partial charge in [0, 0.05) is 20.2 Å². The number of hydrogen-bond acceptors (Lipinski definition) is 6. The Hall–Kier alpha value is -1.83. The molecule has 1 amide bonds. The zero-order chi connectivity index (χ0) is 19.0. The molecule has 1 aliphatic heterocycles. The molecule has 1 saturated heterocycles. The number of hydrogen-bond donors (Lipinski definition) is 2. The van der Waals surface area contributed by atoms with E-state index in [1.54, 1.807) is 14.2 Å². The third-order valence-corrected chi connectivity index (χ3v) is 4.82. The molecule has 26 heavy (non-hydrogen) atoms. The first-order chi connectivity index (χ1) is 12.5. The van der Waals surface area contributed by atoms with Crippen molar-refractivity contribution in [1.29, 1.82) is 0 Å². The number of carbonyl (C=O) groups is 1. The molecule has 146 valence electrons. The lowest BCUT2D eigenvalue weighted by Gasteiger charge is -2.34. The summed E-state index contributed by atoms with van der Waals surface area (Å²) in [5.41, 5.74) is 0.493. The lowest BCUT2D eigenvalue weighted by molar-refractivity contribution is -0.131. The number of ether oxygens (including phenoxy) is 3. The zero-order valence-corrected chi connectivity index (χ0v) is 15.9. The third kappa shape index (κ3) is 4.87. The highest BCUT2D eigenvalue weighted by atomic mass is 16.5. The van der Waals surface area contributed by atoms with E-state index in [-0.39, 0.29) is 19.1 Å². The fourth-order valence-electron chi connectivity index (χ4n) is 3.28. The monoisotopic (exact) mass is 366 g/mol. The summed E-state index contributed by atoms with van der Waals surface area (Å²) >= 11 is 0. The Bertz CT molecular complexity index is 595. The van der Waals surface area contributed by atoms with Crippen LogP contribution >= 0.6 is 0 Å². The number of nitrogens with zero attached hydrogens (tertiary/aromatic N) is 1. The fourth-order valence-corrected chi connectivity index (χ4v) is 3.28. The Morgan fingerprint density at radius 3 is 2.81 bits per heavy atom. The number of carbonyl (C=O) groups excluding carboxylic acids is 1. The van der Waals surface area contributed by atoms with Crippen LogP contribution in [-0.4, -0.2) is 68.6 Å². The number of amides is 1. The summed E-state index contributed by atoms with van der Waals surface area (Å²) in [7, 11) is 3.24. The summed E-state index contributed by atoms with van der Waals surface area (Å²) in [5, 5.41) is 11.8. The van der Waals surface area contributed by atoms with Gasteiger partial charge in [-0.15, -0.1) is 0 Å². The number of rotatable bonds is 10. The van der Waals surface area contributed by atoms with E-state index >= 15 is 0 Å². The van der Waals surface area contributed by atoms with Gasteiger partial charge >= 0.3 is 0 Å². The molecule has 7 nitrogen and oxygen atoms in total. The second kappa shape index (κ2) is 9.75. The molecule has 1 atom stereocenters. The minimum absolute atomic E-state index is 0.0332. The molecule has 1 heterocycles. The Balaban J connectivity index is 2.10. The van der Waals surface area contributed by atoms with Crippen LogP contribution < -0.4 is 14.8 Å². The Kier molecular flexibility index (Phi) is 7.68. The Labute approximate surface area is 155 Å². The quantitative estimate of drug-likeness (QED) is 0.606. The van der Waals surface area contributed by atoms with Gasteiger partial charge in [-0.25, -0.2) is 0 Å². The van der Waals surface area contributed by atoms with Crippen LogP contribution in [-0.2, 0) is 16.1 Å². The predicted octanol–water partition coefficient (Wildman–Crippen LogP) is 1.18. The van der Waals surface area contributed by atoms with Crippen LogP contribution in [0.1, 0.15) is 25.3 Å². The normalized spacial score (nSPS) is 20.2. The SMILES string of the molecule is COCCOc1cc(CN2CCC[C@]2(C)C(=O)NCCO)ccc1OC. The topological polar surface area (TPSA) is 80.3 Å². The van der Waals surface area contributed by atoms with Crippen LogP contribution in [0.4, 0.5) is 0 Å². The van der Waals surface area contributed by atoms with E-state index < -0.39 is 5.54 Å². The van der Waals surface area contributed by atoms with E-state index in [0.717, 1.165) is 24.9 Å². The highest BCUT2D eigenvalue weighted by molar-refractivity contribution is 5.86. The van der Waals surface area contributed by atoms with Gasteiger partial charge in [0.05, 0.1) is 25.9 Å². The molecule has 1 aromatic carbocycles. The smallest absolute Gasteiger partial charge is 0.240 e. The molecule has 0 saturated carbocycles. The van der Waals surface area contributed by atoms with Gasteiger partial charge in [-0.3, -0.25) is 9.69 Å². The lowest BCUT2D eigenvalue weighted by Crippen LogP contribution is -2.53. The number of methoxy groups -OCH3 is 2. The van der Waals surface area contributed by atoms with Gasteiger partial charge in [0.25, 0.3) is 0 Å². The van der Waals surface area contributed by atoms with Crippen molar-refractivity contribution < 1.29 is 24.1 Å². The summed E-state index contributed by atoms with van der Waals surface area (Å²) < 4.78 is 16.1. The van der Waals surface area contributed by atoms with Crippen molar-refractivity contribution in [2.75, 3.05) is 47.1 Å². The average Bonchev–Trinajstić information content (AvgIpc) is 3.02. The molecule has 2 rings (SSSR count). The lowest BCUT2D eigenvalue weighted by atomic mass is 9.97. The van der Waals surface area contributed by atoms with Crippen molar-refractivity contribution in [1.82, 2.24) is 10.2 Å². The summed E-state index contributed by atoms with van der Waals surface area (Å²) in [6, 6.07) is 5.84. The molecule has 1 aromatic rings. The van der Waals surface area contributed by atoms with Crippen molar-refractivity contribution in [3.63, 3.8) is 0 Å². The molecular formula is C19H30N2O5. The third-order valence-electron chi connectivity index (χ3n) is 4.82. The Morgan fingerprint density at radius 2 is 2.12 bits per heavy atom. The molecule has 0 aliphatic carbocycles. The van der Waals surface area contributed by atoms with Gasteiger partial charge in [-0.2, -0.15) is 0 Å². The van der Waals surface area contributed by atoms with E-state index in [2.05, 4.69) is 10.2 Å². The zero-order valence-electron chi connectivity index (χ0n) is 15.9. The predicted molar refractivity (Wildman–Crippen MR) is 98.5 cm³/mol. The standard InChI is InChI=1S/C19H30N2O5/c1-19(18(23)20-8-10-22)7-4-9-21(19)14-15-5-6-16(25-3)17(13-15)26-12-11-24-2/h5-6,13,22H,4,7-12,14H2,1-3H3,(H,20,23)/t19-/m1/s1. The van der Waals surface area contributed by atoms with Gasteiger partial charge in [0.2, 0.25) is 5.91 Å². The molecule has 2 N–H and O–H groups in total. The minimum atomic E-state index is -0.563. The van der Waals surface area contributed by atoms with Crippen molar-refractivity contribution in [2.24, 2.45) is 0 Å². The van der Waals surface area contributed by atoms with Crippen molar-refractivity contribution >= 4 is 5.91 Å². The van der Waals surface area contributed by atoms with E-state index in [1.165, 1.54) is 0 Å². The van der Waals surface area contributed by atoms with Gasteiger partial charge in [0.1, 0.15) is 6.61 Å². The van der Waals surface area contributed by atoms with E-state index in [4.69, 9.17) is 19.3 Å². The molecule has 0 unspecified atom stereocenters. The fraction of sp³-hybridized carbons (Fsp3) is 0.632. The first kappa shape index (κ1) is 20.5. The molecular weight excluding hydrogens is 336 g/mol. The molecule has 1 fully saturated rings. The van der Waals surface area contributed by atoms with Gasteiger partial charge in [0.15, 0.2) is 11.5 Å². The van der Waals surface area contributed by atoms with Crippen LogP contribution in [0.15, 0.2) is 18.2 Å². The van der Waals surface area contributed by atoms with Crippen molar-refractivity contribution in [2.45, 2.75) is 31.8 Å². The summed E-state index contributed by atoms with van der Waals surface area (Å²) in [4.78, 5) is 14.7. The number of aliphatic hydroxyl groups excluding tert-OH is 1. The minimum Gasteiger partial charge on any atom is -0.493 e. The number of likely N-dealkylation sites (tertiary alicyclic amines) is 1. The Morgan fingerprint density at radius 1 is 1.31 bits per heavy atom. The maximum Gasteiger partial charge on any atom is 0.240 e. The second-order valence-electron chi connectivity index (χ2n) is 6.60. The van der Waals surface area contributed by atoms with E-state index in [9.17, 15) is 4.79 Å². The molecule has 0 radical (unpaired) electrons. The number of nitrogens with one attached hydrogen (secondary N) is 1. The van der Waals surface area contributed by atoms with E-state index in [0.29, 0.717) is 31.3 Å².